The van der Waals surface area contributed by atoms with Crippen LogP contribution in [-0.4, -0.2) is 56.6 Å². The molecule has 31 heavy (non-hydrogen) atoms. The number of sulfonamides is 1. The van der Waals surface area contributed by atoms with Crippen LogP contribution in [0.15, 0.2) is 9.59 Å². The Bertz CT molecular complexity index is 1170. The van der Waals surface area contributed by atoms with Gasteiger partial charge in [0.25, 0.3) is 5.56 Å². The van der Waals surface area contributed by atoms with Crippen LogP contribution in [0, 0.1) is 5.92 Å². The van der Waals surface area contributed by atoms with Crippen molar-refractivity contribution in [3.8, 4) is 0 Å². The Labute approximate surface area is 180 Å². The molecule has 0 unspecified atom stereocenters. The number of fused-ring (bicyclic) bond motifs is 1. The van der Waals surface area contributed by atoms with E-state index in [0.717, 1.165) is 12.8 Å². The molecule has 2 aromatic rings. The number of carbonyl (C=O) groups is 1. The lowest BCUT2D eigenvalue weighted by molar-refractivity contribution is -0.151. The molecule has 0 amide bonds. The minimum atomic E-state index is -3.26. The first kappa shape index (κ1) is 23.2. The van der Waals surface area contributed by atoms with Gasteiger partial charge < -0.3 is 9.30 Å². The largest absolute Gasteiger partial charge is 0.457 e. The van der Waals surface area contributed by atoms with E-state index < -0.39 is 27.2 Å². The van der Waals surface area contributed by atoms with E-state index >= 15 is 0 Å². The molecule has 1 aliphatic rings. The zero-order valence-electron chi connectivity index (χ0n) is 18.1. The minimum Gasteiger partial charge on any atom is -0.457 e. The van der Waals surface area contributed by atoms with E-state index in [1.807, 2.05) is 6.92 Å². The highest BCUT2D eigenvalue weighted by Crippen LogP contribution is 2.22. The summed E-state index contributed by atoms with van der Waals surface area (Å²) in [5.74, 6) is -0.408. The lowest BCUT2D eigenvalue weighted by atomic mass is 9.98. The highest BCUT2D eigenvalue weighted by atomic mass is 32.2. The van der Waals surface area contributed by atoms with Gasteiger partial charge in [-0.2, -0.15) is 0 Å². The van der Waals surface area contributed by atoms with Gasteiger partial charge in [-0.25, -0.2) is 22.5 Å². The van der Waals surface area contributed by atoms with Crippen LogP contribution < -0.4 is 11.2 Å². The maximum Gasteiger partial charge on any atom is 0.330 e. The number of aromatic nitrogens is 4. The number of nitrogens with one attached hydrogen (secondary N) is 1. The molecular formula is C19H29N5O6S. The third-order valence-electron chi connectivity index (χ3n) is 5.73. The molecule has 0 atom stereocenters. The van der Waals surface area contributed by atoms with Crippen LogP contribution in [0.25, 0.3) is 11.2 Å². The van der Waals surface area contributed by atoms with Gasteiger partial charge in [0.2, 0.25) is 10.0 Å². The van der Waals surface area contributed by atoms with Crippen molar-refractivity contribution in [2.45, 2.75) is 52.7 Å². The predicted octanol–water partition coefficient (Wildman–Crippen LogP) is 0.328. The maximum atomic E-state index is 12.5. The number of nitrogens with zero attached hydrogens (tertiary/aromatic N) is 4. The van der Waals surface area contributed by atoms with Crippen molar-refractivity contribution in [3.05, 3.63) is 26.7 Å². The fourth-order valence-corrected chi connectivity index (χ4v) is 4.88. The number of esters is 1. The van der Waals surface area contributed by atoms with Crippen LogP contribution in [0.3, 0.4) is 0 Å². The Balaban J connectivity index is 1.72. The second kappa shape index (κ2) is 9.35. The first-order chi connectivity index (χ1) is 14.7. The third kappa shape index (κ3) is 4.74. The number of ether oxygens (including phenoxy) is 1. The van der Waals surface area contributed by atoms with Gasteiger partial charge in [0, 0.05) is 26.7 Å². The summed E-state index contributed by atoms with van der Waals surface area (Å²) in [6.45, 7) is 4.47. The summed E-state index contributed by atoms with van der Waals surface area (Å²) in [5, 5.41) is 0. The summed E-state index contributed by atoms with van der Waals surface area (Å²) in [7, 11) is -1.62. The normalized spacial score (nSPS) is 16.1. The summed E-state index contributed by atoms with van der Waals surface area (Å²) in [5.41, 5.74) is -0.528. The summed E-state index contributed by atoms with van der Waals surface area (Å²) < 4.78 is 33.7. The number of hydrogen-bond acceptors (Lipinski definition) is 7. The van der Waals surface area contributed by atoms with Gasteiger partial charge in [0.1, 0.15) is 12.4 Å². The van der Waals surface area contributed by atoms with Crippen LogP contribution >= 0.6 is 0 Å². The van der Waals surface area contributed by atoms with Gasteiger partial charge in [-0.05, 0) is 26.2 Å². The molecule has 1 aliphatic heterocycles. The summed E-state index contributed by atoms with van der Waals surface area (Å²) >= 11 is 0. The Hall–Kier alpha value is -2.47. The molecule has 0 spiro atoms. The minimum absolute atomic E-state index is 0.0390. The number of aryl methyl sites for hydroxylation is 2. The first-order valence-electron chi connectivity index (χ1n) is 10.5. The molecule has 0 radical (unpaired) electrons. The van der Waals surface area contributed by atoms with Gasteiger partial charge in [-0.3, -0.25) is 19.1 Å². The van der Waals surface area contributed by atoms with Gasteiger partial charge in [-0.15, -0.1) is 0 Å². The SMILES string of the molecule is CCCCn1c(=O)[nH]c(=O)c2c1nc(COC(=O)C1CCN(S(=O)(=O)CC)CC1)n2C. The van der Waals surface area contributed by atoms with Crippen molar-refractivity contribution in [2.75, 3.05) is 18.8 Å². The molecule has 1 fully saturated rings. The Morgan fingerprint density at radius 3 is 2.52 bits per heavy atom. The second-order valence-corrected chi connectivity index (χ2v) is 9.96. The summed E-state index contributed by atoms with van der Waals surface area (Å²) in [6.07, 6.45) is 2.44. The maximum absolute atomic E-state index is 12.5. The van der Waals surface area contributed by atoms with Crippen LogP contribution in [0.5, 0.6) is 0 Å². The number of unbranched alkanes of at least 4 members (excludes halogenated alkanes) is 1. The number of rotatable bonds is 8. The average molecular weight is 456 g/mol. The number of piperidine rings is 1. The Morgan fingerprint density at radius 1 is 1.23 bits per heavy atom. The molecule has 1 saturated heterocycles. The van der Waals surface area contributed by atoms with E-state index in [1.165, 1.54) is 13.4 Å². The number of H-pyrrole nitrogens is 1. The lowest BCUT2D eigenvalue weighted by Gasteiger charge is -2.29. The van der Waals surface area contributed by atoms with Crippen molar-refractivity contribution in [3.63, 3.8) is 0 Å². The zero-order valence-corrected chi connectivity index (χ0v) is 18.9. The van der Waals surface area contributed by atoms with Crippen LogP contribution in [0.2, 0.25) is 0 Å². The van der Waals surface area contributed by atoms with E-state index in [1.54, 1.807) is 14.0 Å². The van der Waals surface area contributed by atoms with Gasteiger partial charge >= 0.3 is 11.7 Å². The van der Waals surface area contributed by atoms with Gasteiger partial charge in [0.15, 0.2) is 11.2 Å². The molecule has 12 heteroatoms. The molecule has 0 aromatic carbocycles. The quantitative estimate of drug-likeness (QED) is 0.566. The molecular weight excluding hydrogens is 426 g/mol. The fraction of sp³-hybridized carbons (Fsp3) is 0.684. The highest BCUT2D eigenvalue weighted by molar-refractivity contribution is 7.89. The molecule has 172 valence electrons. The van der Waals surface area contributed by atoms with Crippen molar-refractivity contribution >= 4 is 27.2 Å². The van der Waals surface area contributed by atoms with Crippen molar-refractivity contribution in [1.29, 1.82) is 0 Å². The van der Waals surface area contributed by atoms with E-state index in [4.69, 9.17) is 4.74 Å². The molecule has 11 nitrogen and oxygen atoms in total. The molecule has 0 saturated carbocycles. The molecule has 0 aliphatic carbocycles. The number of carbonyl (C=O) groups excluding carboxylic acids is 1. The predicted molar refractivity (Wildman–Crippen MR) is 114 cm³/mol. The monoisotopic (exact) mass is 455 g/mol. The van der Waals surface area contributed by atoms with E-state index in [0.29, 0.717) is 38.3 Å². The lowest BCUT2D eigenvalue weighted by Crippen LogP contribution is -2.41. The molecule has 0 bridgehead atoms. The summed E-state index contributed by atoms with van der Waals surface area (Å²) in [6, 6.07) is 0. The van der Waals surface area contributed by atoms with E-state index in [9.17, 15) is 22.8 Å². The van der Waals surface area contributed by atoms with Crippen LogP contribution in [0.1, 0.15) is 45.4 Å². The third-order valence-corrected chi connectivity index (χ3v) is 7.61. The number of aromatic amines is 1. The molecule has 2 aromatic heterocycles. The molecule has 3 rings (SSSR count). The first-order valence-corrected chi connectivity index (χ1v) is 12.1. The van der Waals surface area contributed by atoms with Crippen molar-refractivity contribution in [1.82, 2.24) is 23.4 Å². The van der Waals surface area contributed by atoms with Crippen LogP contribution in [0.4, 0.5) is 0 Å². The molecule has 1 N–H and O–H groups in total. The smallest absolute Gasteiger partial charge is 0.330 e. The Morgan fingerprint density at radius 2 is 1.90 bits per heavy atom. The Kier molecular flexibility index (Phi) is 6.99. The number of hydrogen-bond donors (Lipinski definition) is 1. The zero-order chi connectivity index (χ0) is 22.8. The second-order valence-electron chi connectivity index (χ2n) is 7.71. The summed E-state index contributed by atoms with van der Waals surface area (Å²) in [4.78, 5) is 43.7. The van der Waals surface area contributed by atoms with Crippen molar-refractivity contribution in [2.24, 2.45) is 13.0 Å². The van der Waals surface area contributed by atoms with Crippen molar-refractivity contribution < 1.29 is 17.9 Å². The van der Waals surface area contributed by atoms with E-state index in [-0.39, 0.29) is 29.4 Å². The fourth-order valence-electron chi connectivity index (χ4n) is 3.75. The number of imidazole rings is 1. The van der Waals surface area contributed by atoms with Crippen LogP contribution in [-0.2, 0) is 39.8 Å². The van der Waals surface area contributed by atoms with E-state index in [2.05, 4.69) is 9.97 Å². The van der Waals surface area contributed by atoms with Gasteiger partial charge in [-0.1, -0.05) is 13.3 Å². The van der Waals surface area contributed by atoms with Gasteiger partial charge in [0.05, 0.1) is 11.7 Å². The molecule has 3 heterocycles. The topological polar surface area (TPSA) is 136 Å². The average Bonchev–Trinajstić information content (AvgIpc) is 3.08. The highest BCUT2D eigenvalue weighted by Gasteiger charge is 2.31. The standard InChI is InChI=1S/C19H29N5O6S/c1-4-6-9-24-16-15(17(25)21-19(24)27)22(3)14(20-16)12-30-18(26)13-7-10-23(11-8-13)31(28,29)5-2/h13H,4-12H2,1-3H3,(H,21,25,27).